The predicted octanol–water partition coefficient (Wildman–Crippen LogP) is 2.12. The van der Waals surface area contributed by atoms with Gasteiger partial charge in [-0.2, -0.15) is 13.2 Å². The minimum atomic E-state index is -4.35. The molecule has 3 aromatic heterocycles. The van der Waals surface area contributed by atoms with Crippen LogP contribution in [0.25, 0.3) is 17.0 Å². The smallest absolute Gasteiger partial charge is 0.365 e. The van der Waals surface area contributed by atoms with Gasteiger partial charge in [0.05, 0.1) is 36.4 Å². The van der Waals surface area contributed by atoms with E-state index in [2.05, 4.69) is 25.6 Å². The average Bonchev–Trinajstić information content (AvgIpc) is 3.26. The number of ether oxygens (including phenoxy) is 1. The fourth-order valence-electron chi connectivity index (χ4n) is 3.05. The van der Waals surface area contributed by atoms with Gasteiger partial charge >= 0.3 is 6.18 Å². The largest absolute Gasteiger partial charge is 0.411 e. The zero-order valence-electron chi connectivity index (χ0n) is 14.1. The minimum Gasteiger partial charge on any atom is -0.365 e. The highest BCUT2D eigenvalue weighted by molar-refractivity contribution is 5.60. The van der Waals surface area contributed by atoms with Crippen LogP contribution in [0, 0.1) is 0 Å². The Morgan fingerprint density at radius 2 is 2.11 bits per heavy atom. The van der Waals surface area contributed by atoms with Gasteiger partial charge in [0.2, 0.25) is 0 Å². The van der Waals surface area contributed by atoms with Gasteiger partial charge in [-0.05, 0) is 12.1 Å². The van der Waals surface area contributed by atoms with E-state index in [9.17, 15) is 13.2 Å². The van der Waals surface area contributed by atoms with E-state index in [0.717, 1.165) is 11.3 Å². The highest BCUT2D eigenvalue weighted by Crippen LogP contribution is 2.21. The maximum atomic E-state index is 12.4. The second-order valence-corrected chi connectivity index (χ2v) is 6.24. The Morgan fingerprint density at radius 3 is 2.96 bits per heavy atom. The van der Waals surface area contributed by atoms with Gasteiger partial charge in [0.25, 0.3) is 0 Å². The number of hydrogen-bond acceptors (Lipinski definition) is 6. The molecule has 1 aliphatic rings. The molecule has 1 fully saturated rings. The van der Waals surface area contributed by atoms with Crippen molar-refractivity contribution in [2.75, 3.05) is 25.0 Å². The topological polar surface area (TPSA) is 76.4 Å². The second-order valence-electron chi connectivity index (χ2n) is 6.24. The van der Waals surface area contributed by atoms with Gasteiger partial charge in [-0.15, -0.1) is 0 Å². The Morgan fingerprint density at radius 1 is 1.22 bits per heavy atom. The van der Waals surface area contributed by atoms with Crippen molar-refractivity contribution in [2.24, 2.45) is 0 Å². The molecule has 3 aromatic rings. The lowest BCUT2D eigenvalue weighted by atomic mass is 10.2. The van der Waals surface area contributed by atoms with Crippen molar-refractivity contribution in [2.45, 2.75) is 18.3 Å². The normalized spacial score (nSPS) is 20.3. The number of halogens is 3. The lowest BCUT2D eigenvalue weighted by Crippen LogP contribution is -2.37. The summed E-state index contributed by atoms with van der Waals surface area (Å²) < 4.78 is 44.1. The summed E-state index contributed by atoms with van der Waals surface area (Å²) >= 11 is 0. The Kier molecular flexibility index (Phi) is 4.66. The first kappa shape index (κ1) is 17.7. The van der Waals surface area contributed by atoms with Crippen LogP contribution in [0.4, 0.5) is 19.0 Å². The van der Waals surface area contributed by atoms with E-state index in [1.54, 1.807) is 12.4 Å². The molecule has 1 aliphatic heterocycles. The molecule has 0 bridgehead atoms. The van der Waals surface area contributed by atoms with Gasteiger partial charge < -0.3 is 15.4 Å². The number of hydrogen-bond donors (Lipinski definition) is 2. The third-order valence-electron chi connectivity index (χ3n) is 4.27. The van der Waals surface area contributed by atoms with Gasteiger partial charge in [0.1, 0.15) is 23.8 Å². The number of anilines is 1. The molecular weight excluding hydrogens is 361 g/mol. The van der Waals surface area contributed by atoms with Crippen molar-refractivity contribution < 1.29 is 17.9 Å². The Labute approximate surface area is 152 Å². The van der Waals surface area contributed by atoms with Crippen molar-refractivity contribution in [3.05, 3.63) is 43.0 Å². The summed E-state index contributed by atoms with van der Waals surface area (Å²) in [6.07, 6.45) is 1.78. The first-order valence-electron chi connectivity index (χ1n) is 8.40. The van der Waals surface area contributed by atoms with Crippen LogP contribution in [0.15, 0.2) is 43.0 Å². The number of imidazole rings is 1. The first-order chi connectivity index (χ1) is 13.0. The highest BCUT2D eigenvalue weighted by atomic mass is 19.4. The molecule has 2 atom stereocenters. The molecular formula is C17H17F3N6O. The number of rotatable bonds is 5. The van der Waals surface area contributed by atoms with E-state index >= 15 is 0 Å². The van der Waals surface area contributed by atoms with Gasteiger partial charge in [-0.1, -0.05) is 6.07 Å². The summed E-state index contributed by atoms with van der Waals surface area (Å²) in [7, 11) is 0. The molecule has 0 amide bonds. The fraction of sp³-hybridized carbons (Fsp3) is 0.353. The molecule has 10 heteroatoms. The van der Waals surface area contributed by atoms with Crippen LogP contribution in [0.3, 0.4) is 0 Å². The van der Waals surface area contributed by atoms with Crippen LogP contribution in [-0.2, 0) is 4.74 Å². The maximum absolute atomic E-state index is 12.4. The Hall–Kier alpha value is -2.72. The monoisotopic (exact) mass is 378 g/mol. The summed E-state index contributed by atoms with van der Waals surface area (Å²) in [6, 6.07) is 5.33. The van der Waals surface area contributed by atoms with Gasteiger partial charge in [0.15, 0.2) is 0 Å². The molecule has 0 aliphatic carbocycles. The standard InChI is InChI=1S/C17H17F3N6O/c18-17(19,20)10-27-14-8-21-6-12(14)25-15-9-22-5-11(24-15)13-7-23-16-3-1-2-4-26(13)16/h1-5,7,9,12,14,21H,6,8,10H2,(H,24,25). The molecule has 4 heterocycles. The third-order valence-corrected chi connectivity index (χ3v) is 4.27. The van der Waals surface area contributed by atoms with Crippen LogP contribution in [0.5, 0.6) is 0 Å². The van der Waals surface area contributed by atoms with E-state index in [1.807, 2.05) is 28.8 Å². The van der Waals surface area contributed by atoms with E-state index in [-0.39, 0.29) is 6.04 Å². The third kappa shape index (κ3) is 4.01. The number of alkyl halides is 3. The second kappa shape index (κ2) is 7.12. The minimum absolute atomic E-state index is 0.334. The van der Waals surface area contributed by atoms with E-state index in [0.29, 0.717) is 24.6 Å². The van der Waals surface area contributed by atoms with Crippen molar-refractivity contribution >= 4 is 11.5 Å². The predicted molar refractivity (Wildman–Crippen MR) is 92.3 cm³/mol. The zero-order chi connectivity index (χ0) is 18.9. The lowest BCUT2D eigenvalue weighted by Gasteiger charge is -2.21. The Bertz CT molecular complexity index is 928. The van der Waals surface area contributed by atoms with E-state index in [4.69, 9.17) is 4.74 Å². The Balaban J connectivity index is 1.51. The molecule has 0 aromatic carbocycles. The molecule has 2 unspecified atom stereocenters. The number of nitrogens with one attached hydrogen (secondary N) is 2. The summed E-state index contributed by atoms with van der Waals surface area (Å²) in [6.45, 7) is -0.455. The molecule has 1 saturated heterocycles. The van der Waals surface area contributed by atoms with Crippen LogP contribution in [0.1, 0.15) is 0 Å². The SMILES string of the molecule is FC(F)(F)COC1CNCC1Nc1cncc(-c2cnc3ccccn23)n1. The molecule has 0 saturated carbocycles. The lowest BCUT2D eigenvalue weighted by molar-refractivity contribution is -0.183. The van der Waals surface area contributed by atoms with Crippen LogP contribution < -0.4 is 10.6 Å². The summed E-state index contributed by atoms with van der Waals surface area (Å²) in [5.74, 6) is 0.465. The summed E-state index contributed by atoms with van der Waals surface area (Å²) in [5, 5.41) is 6.15. The summed E-state index contributed by atoms with van der Waals surface area (Å²) in [5.41, 5.74) is 2.17. The number of pyridine rings is 1. The van der Waals surface area contributed by atoms with Crippen LogP contribution in [-0.4, -0.2) is 57.4 Å². The van der Waals surface area contributed by atoms with Crippen LogP contribution >= 0.6 is 0 Å². The first-order valence-corrected chi connectivity index (χ1v) is 8.40. The number of aromatic nitrogens is 4. The van der Waals surface area contributed by atoms with E-state index in [1.165, 1.54) is 6.20 Å². The number of nitrogens with zero attached hydrogens (tertiary/aromatic N) is 4. The highest BCUT2D eigenvalue weighted by Gasteiger charge is 2.34. The molecule has 0 radical (unpaired) electrons. The average molecular weight is 378 g/mol. The van der Waals surface area contributed by atoms with Crippen LogP contribution in [0.2, 0.25) is 0 Å². The fourth-order valence-corrected chi connectivity index (χ4v) is 3.05. The van der Waals surface area contributed by atoms with Crippen molar-refractivity contribution in [3.8, 4) is 11.4 Å². The van der Waals surface area contributed by atoms with Crippen molar-refractivity contribution in [1.82, 2.24) is 24.7 Å². The molecule has 2 N–H and O–H groups in total. The molecule has 0 spiro atoms. The number of fused-ring (bicyclic) bond motifs is 1. The quantitative estimate of drug-likeness (QED) is 0.708. The molecule has 7 nitrogen and oxygen atoms in total. The zero-order valence-corrected chi connectivity index (χ0v) is 14.1. The maximum Gasteiger partial charge on any atom is 0.411 e. The van der Waals surface area contributed by atoms with Crippen molar-refractivity contribution in [1.29, 1.82) is 0 Å². The van der Waals surface area contributed by atoms with Gasteiger partial charge in [-0.25, -0.2) is 9.97 Å². The van der Waals surface area contributed by atoms with Crippen molar-refractivity contribution in [3.63, 3.8) is 0 Å². The molecule has 27 heavy (non-hydrogen) atoms. The van der Waals surface area contributed by atoms with Gasteiger partial charge in [-0.3, -0.25) is 9.38 Å². The van der Waals surface area contributed by atoms with E-state index < -0.39 is 18.9 Å². The molecule has 142 valence electrons. The molecule has 4 rings (SSSR count). The summed E-state index contributed by atoms with van der Waals surface area (Å²) in [4.78, 5) is 13.1. The van der Waals surface area contributed by atoms with Gasteiger partial charge in [0, 0.05) is 19.3 Å².